The predicted octanol–water partition coefficient (Wildman–Crippen LogP) is 1.67. The molecule has 0 radical (unpaired) electrons. The van der Waals surface area contributed by atoms with E-state index in [-0.39, 0.29) is 0 Å². The van der Waals surface area contributed by atoms with E-state index in [0.717, 1.165) is 6.54 Å². The van der Waals surface area contributed by atoms with Gasteiger partial charge in [0.15, 0.2) is 0 Å². The van der Waals surface area contributed by atoms with Crippen LogP contribution >= 0.6 is 11.3 Å². The normalized spacial score (nSPS) is 24.4. The largest absolute Gasteiger partial charge is 0.481 e. The van der Waals surface area contributed by atoms with Gasteiger partial charge in [-0.2, -0.15) is 11.3 Å². The highest BCUT2D eigenvalue weighted by Crippen LogP contribution is 2.30. The molecule has 0 amide bonds. The first-order valence-electron chi connectivity index (χ1n) is 5.63. The zero-order valence-electron chi connectivity index (χ0n) is 9.89. The molecule has 0 spiro atoms. The first-order valence-corrected chi connectivity index (χ1v) is 6.57. The van der Waals surface area contributed by atoms with Crippen LogP contribution in [0.25, 0.3) is 0 Å². The van der Waals surface area contributed by atoms with Gasteiger partial charge in [-0.15, -0.1) is 0 Å². The van der Waals surface area contributed by atoms with Crippen molar-refractivity contribution in [2.75, 3.05) is 26.8 Å². The van der Waals surface area contributed by atoms with Gasteiger partial charge in [-0.1, -0.05) is 0 Å². The molecule has 0 saturated carbocycles. The molecule has 17 heavy (non-hydrogen) atoms. The van der Waals surface area contributed by atoms with Crippen LogP contribution in [0.15, 0.2) is 16.8 Å². The average Bonchev–Trinajstić information content (AvgIpc) is 2.89. The van der Waals surface area contributed by atoms with Gasteiger partial charge in [0.1, 0.15) is 5.41 Å². The Morgan fingerprint density at radius 2 is 2.53 bits per heavy atom. The van der Waals surface area contributed by atoms with E-state index in [1.165, 1.54) is 5.56 Å². The summed E-state index contributed by atoms with van der Waals surface area (Å²) in [5.41, 5.74) is 0.516. The Bertz CT molecular complexity index is 371. The highest BCUT2D eigenvalue weighted by Gasteiger charge is 2.43. The molecule has 1 fully saturated rings. The third kappa shape index (κ3) is 2.86. The van der Waals surface area contributed by atoms with E-state index in [2.05, 4.69) is 16.3 Å². The van der Waals surface area contributed by atoms with E-state index in [1.54, 1.807) is 11.3 Å². The quantitative estimate of drug-likeness (QED) is 0.869. The zero-order chi connectivity index (χ0) is 12.3. The van der Waals surface area contributed by atoms with E-state index in [9.17, 15) is 9.90 Å². The number of ether oxygens (including phenoxy) is 1. The molecule has 4 nitrogen and oxygen atoms in total. The van der Waals surface area contributed by atoms with Crippen molar-refractivity contribution in [3.63, 3.8) is 0 Å². The summed E-state index contributed by atoms with van der Waals surface area (Å²) in [5.74, 6) is -0.743. The molecular formula is C12H17NO3S. The molecule has 1 aliphatic rings. The van der Waals surface area contributed by atoms with E-state index < -0.39 is 11.4 Å². The summed E-state index contributed by atoms with van der Waals surface area (Å²) in [5, 5.41) is 13.5. The molecule has 2 rings (SSSR count). The molecule has 1 aliphatic heterocycles. The van der Waals surface area contributed by atoms with Gasteiger partial charge in [0.2, 0.25) is 0 Å². The van der Waals surface area contributed by atoms with Crippen LogP contribution in [-0.4, -0.2) is 42.8 Å². The topological polar surface area (TPSA) is 49.8 Å². The number of thiophene rings is 1. The Balaban J connectivity index is 1.96. The Kier molecular flexibility index (Phi) is 3.81. The van der Waals surface area contributed by atoms with E-state index in [0.29, 0.717) is 26.2 Å². The molecule has 1 saturated heterocycles. The van der Waals surface area contributed by atoms with Gasteiger partial charge < -0.3 is 14.7 Å². The lowest BCUT2D eigenvalue weighted by Gasteiger charge is -2.28. The molecule has 0 aliphatic carbocycles. The number of rotatable bonds is 5. The van der Waals surface area contributed by atoms with Crippen LogP contribution in [-0.2, 0) is 16.1 Å². The molecule has 5 heteroatoms. The van der Waals surface area contributed by atoms with Gasteiger partial charge >= 0.3 is 5.97 Å². The fraction of sp³-hybridized carbons (Fsp3) is 0.583. The smallest absolute Gasteiger partial charge is 0.313 e. The second-order valence-corrected chi connectivity index (χ2v) is 5.47. The summed E-state index contributed by atoms with van der Waals surface area (Å²) in [6.45, 7) is 2.21. The predicted molar refractivity (Wildman–Crippen MR) is 66.2 cm³/mol. The molecule has 2 heterocycles. The van der Waals surface area contributed by atoms with Crippen LogP contribution in [0.5, 0.6) is 0 Å². The molecule has 0 aromatic carbocycles. The molecule has 1 N–H and O–H groups in total. The Hall–Kier alpha value is -0.910. The van der Waals surface area contributed by atoms with Crippen molar-refractivity contribution in [2.24, 2.45) is 5.41 Å². The summed E-state index contributed by atoms with van der Waals surface area (Å²) >= 11 is 1.66. The van der Waals surface area contributed by atoms with Gasteiger partial charge in [-0.05, 0) is 35.9 Å². The SMILES string of the molecule is CN(Cc1ccsc1)CC1(C(=O)O)CCOC1. The maximum Gasteiger partial charge on any atom is 0.313 e. The second-order valence-electron chi connectivity index (χ2n) is 4.69. The van der Waals surface area contributed by atoms with Gasteiger partial charge in [0, 0.05) is 19.7 Å². The minimum Gasteiger partial charge on any atom is -0.481 e. The summed E-state index contributed by atoms with van der Waals surface area (Å²) in [6, 6.07) is 2.07. The first kappa shape index (κ1) is 12.5. The van der Waals surface area contributed by atoms with Crippen molar-refractivity contribution in [2.45, 2.75) is 13.0 Å². The summed E-state index contributed by atoms with van der Waals surface area (Å²) in [4.78, 5) is 13.4. The maximum absolute atomic E-state index is 11.4. The molecule has 0 bridgehead atoms. The number of hydrogen-bond acceptors (Lipinski definition) is 4. The van der Waals surface area contributed by atoms with E-state index in [4.69, 9.17) is 4.74 Å². The van der Waals surface area contributed by atoms with Gasteiger partial charge in [-0.25, -0.2) is 0 Å². The van der Waals surface area contributed by atoms with Crippen LogP contribution < -0.4 is 0 Å². The van der Waals surface area contributed by atoms with E-state index in [1.807, 2.05) is 12.4 Å². The van der Waals surface area contributed by atoms with Gasteiger partial charge in [-0.3, -0.25) is 4.79 Å². The Morgan fingerprint density at radius 3 is 3.06 bits per heavy atom. The number of carboxylic acids is 1. The van der Waals surface area contributed by atoms with Crippen LogP contribution in [0.3, 0.4) is 0 Å². The molecule has 1 aromatic rings. The standard InChI is InChI=1S/C12H17NO3S/c1-13(6-10-2-5-17-7-10)8-12(11(14)15)3-4-16-9-12/h2,5,7H,3-4,6,8-9H2,1H3,(H,14,15). The fourth-order valence-electron chi connectivity index (χ4n) is 2.24. The maximum atomic E-state index is 11.4. The number of carboxylic acid groups (broad SMARTS) is 1. The van der Waals surface area contributed by atoms with Crippen LogP contribution in [0, 0.1) is 5.41 Å². The van der Waals surface area contributed by atoms with E-state index >= 15 is 0 Å². The van der Waals surface area contributed by atoms with Crippen LogP contribution in [0.4, 0.5) is 0 Å². The van der Waals surface area contributed by atoms with Crippen molar-refractivity contribution in [1.29, 1.82) is 0 Å². The summed E-state index contributed by atoms with van der Waals surface area (Å²) in [6.07, 6.45) is 0.607. The number of nitrogens with zero attached hydrogens (tertiary/aromatic N) is 1. The zero-order valence-corrected chi connectivity index (χ0v) is 10.7. The second kappa shape index (κ2) is 5.16. The minimum absolute atomic E-state index is 0.330. The van der Waals surface area contributed by atoms with Crippen molar-refractivity contribution >= 4 is 17.3 Å². The fourth-order valence-corrected chi connectivity index (χ4v) is 2.89. The minimum atomic E-state index is -0.743. The number of hydrogen-bond donors (Lipinski definition) is 1. The molecule has 1 aromatic heterocycles. The first-order chi connectivity index (χ1) is 8.12. The Morgan fingerprint density at radius 1 is 1.71 bits per heavy atom. The third-order valence-corrected chi connectivity index (χ3v) is 3.89. The van der Waals surface area contributed by atoms with Crippen LogP contribution in [0.1, 0.15) is 12.0 Å². The molecule has 1 unspecified atom stereocenters. The lowest BCUT2D eigenvalue weighted by molar-refractivity contribution is -0.150. The van der Waals surface area contributed by atoms with Crippen molar-refractivity contribution in [3.05, 3.63) is 22.4 Å². The van der Waals surface area contributed by atoms with Crippen molar-refractivity contribution in [3.8, 4) is 0 Å². The highest BCUT2D eigenvalue weighted by molar-refractivity contribution is 7.07. The highest BCUT2D eigenvalue weighted by atomic mass is 32.1. The van der Waals surface area contributed by atoms with Gasteiger partial charge in [0.25, 0.3) is 0 Å². The lowest BCUT2D eigenvalue weighted by atomic mass is 9.87. The van der Waals surface area contributed by atoms with Gasteiger partial charge in [0.05, 0.1) is 6.61 Å². The summed E-state index contributed by atoms with van der Waals surface area (Å²) in [7, 11) is 1.96. The Labute approximate surface area is 105 Å². The number of carbonyl (C=O) groups is 1. The number of aliphatic carboxylic acids is 1. The molecule has 1 atom stereocenters. The average molecular weight is 255 g/mol. The van der Waals surface area contributed by atoms with Crippen molar-refractivity contribution < 1.29 is 14.6 Å². The summed E-state index contributed by atoms with van der Waals surface area (Å²) < 4.78 is 5.25. The lowest BCUT2D eigenvalue weighted by Crippen LogP contribution is -2.42. The monoisotopic (exact) mass is 255 g/mol. The third-order valence-electron chi connectivity index (χ3n) is 3.16. The van der Waals surface area contributed by atoms with Crippen LogP contribution in [0.2, 0.25) is 0 Å². The molecular weight excluding hydrogens is 238 g/mol. The molecule has 94 valence electrons. The van der Waals surface area contributed by atoms with Crippen molar-refractivity contribution in [1.82, 2.24) is 4.90 Å².